The van der Waals surface area contributed by atoms with Crippen molar-refractivity contribution in [1.82, 2.24) is 0 Å². The largest absolute Gasteiger partial charge is 0.368 e. The molecule has 4 heteroatoms. The van der Waals surface area contributed by atoms with Crippen molar-refractivity contribution in [3.63, 3.8) is 0 Å². The van der Waals surface area contributed by atoms with Crippen molar-refractivity contribution < 1.29 is 17.9 Å². The van der Waals surface area contributed by atoms with Crippen LogP contribution in [0.1, 0.15) is 28.4 Å². The number of epoxide rings is 1. The van der Waals surface area contributed by atoms with Crippen LogP contribution in [0.15, 0.2) is 85.4 Å². The van der Waals surface area contributed by atoms with Gasteiger partial charge in [-0.1, -0.05) is 97.6 Å². The van der Waals surface area contributed by atoms with Gasteiger partial charge < -0.3 is 4.74 Å². The normalized spacial score (nSPS) is 15.0. The van der Waals surface area contributed by atoms with Crippen molar-refractivity contribution in [1.29, 1.82) is 0 Å². The summed E-state index contributed by atoms with van der Waals surface area (Å²) in [5, 5.41) is 0. The van der Waals surface area contributed by atoms with Crippen molar-refractivity contribution in [2.24, 2.45) is 0 Å². The Bertz CT molecular complexity index is 1380. The van der Waals surface area contributed by atoms with E-state index in [1.807, 2.05) is 18.2 Å². The summed E-state index contributed by atoms with van der Waals surface area (Å²) in [4.78, 5) is 0. The fourth-order valence-electron chi connectivity index (χ4n) is 3.87. The maximum atomic E-state index is 14.9. The molecular weight excluding hydrogens is 433 g/mol. The zero-order chi connectivity index (χ0) is 23.7. The molecule has 0 bridgehead atoms. The lowest BCUT2D eigenvalue weighted by Crippen LogP contribution is -1.94. The van der Waals surface area contributed by atoms with E-state index in [1.165, 1.54) is 6.07 Å². The maximum absolute atomic E-state index is 14.9. The quantitative estimate of drug-likeness (QED) is 0.211. The summed E-state index contributed by atoms with van der Waals surface area (Å²) < 4.78 is 49.3. The van der Waals surface area contributed by atoms with Gasteiger partial charge in [0.2, 0.25) is 0 Å². The average Bonchev–Trinajstić information content (AvgIpc) is 3.71. The monoisotopic (exact) mass is 454 g/mol. The first kappa shape index (κ1) is 21.9. The van der Waals surface area contributed by atoms with E-state index < -0.39 is 11.6 Å². The minimum Gasteiger partial charge on any atom is -0.368 e. The maximum Gasteiger partial charge on any atom is 0.167 e. The fraction of sp³-hybridized carbons (Fsp3) is 0.0667. The van der Waals surface area contributed by atoms with Crippen molar-refractivity contribution >= 4 is 18.2 Å². The Morgan fingerprint density at radius 1 is 0.706 bits per heavy atom. The Hall–Kier alpha value is -3.89. The summed E-state index contributed by atoms with van der Waals surface area (Å²) in [6, 6.07) is 22.4. The molecule has 0 spiro atoms. The Labute approximate surface area is 196 Å². The predicted molar refractivity (Wildman–Crippen MR) is 131 cm³/mol. The molecule has 5 rings (SSSR count). The minimum absolute atomic E-state index is 0.0113. The summed E-state index contributed by atoms with van der Waals surface area (Å²) in [5.74, 6) is -2.09. The van der Waals surface area contributed by atoms with Gasteiger partial charge in [-0.3, -0.25) is 0 Å². The van der Waals surface area contributed by atoms with Crippen molar-refractivity contribution in [3.8, 4) is 22.3 Å². The first-order valence-corrected chi connectivity index (χ1v) is 10.9. The summed E-state index contributed by atoms with van der Waals surface area (Å²) >= 11 is 0. The van der Waals surface area contributed by atoms with Gasteiger partial charge in [-0.05, 0) is 33.9 Å². The van der Waals surface area contributed by atoms with Crippen LogP contribution in [0.4, 0.5) is 13.2 Å². The molecule has 0 aromatic heterocycles. The second kappa shape index (κ2) is 9.16. The van der Waals surface area contributed by atoms with Gasteiger partial charge in [0.15, 0.2) is 11.6 Å². The highest BCUT2D eigenvalue weighted by atomic mass is 19.2. The van der Waals surface area contributed by atoms with Gasteiger partial charge in [0, 0.05) is 16.7 Å². The van der Waals surface area contributed by atoms with Gasteiger partial charge in [-0.15, -0.1) is 0 Å². The first-order valence-electron chi connectivity index (χ1n) is 10.9. The van der Waals surface area contributed by atoms with E-state index in [0.29, 0.717) is 23.3 Å². The predicted octanol–water partition coefficient (Wildman–Crippen LogP) is 8.32. The lowest BCUT2D eigenvalue weighted by Gasteiger charge is -2.10. The van der Waals surface area contributed by atoms with Gasteiger partial charge in [0.05, 0.1) is 6.61 Å². The number of ether oxygens (including phenoxy) is 1. The highest BCUT2D eigenvalue weighted by Gasteiger charge is 2.25. The molecule has 1 atom stereocenters. The van der Waals surface area contributed by atoms with Gasteiger partial charge in [-0.25, -0.2) is 13.2 Å². The molecule has 1 heterocycles. The molecular formula is C30H21F3O. The second-order valence-corrected chi connectivity index (χ2v) is 8.17. The average molecular weight is 454 g/mol. The molecule has 4 aromatic rings. The molecule has 1 aliphatic heterocycles. The van der Waals surface area contributed by atoms with E-state index in [-0.39, 0.29) is 23.0 Å². The molecule has 168 valence electrons. The standard InChI is InChI=1S/C30H21F3O/c1-2-19-3-8-21(9-4-19)25-15-16-26(30(33)29(25)32)22-10-5-20(6-11-22)7-12-23-13-14-24(17-27(23)31)28-18-34-28/h2-17,28H,1,18H2/b12-7+. The zero-order valence-electron chi connectivity index (χ0n) is 18.3. The van der Waals surface area contributed by atoms with Gasteiger partial charge in [0.1, 0.15) is 11.9 Å². The summed E-state index contributed by atoms with van der Waals surface area (Å²) in [6.45, 7) is 4.33. The smallest absolute Gasteiger partial charge is 0.167 e. The Morgan fingerprint density at radius 3 is 1.76 bits per heavy atom. The van der Waals surface area contributed by atoms with Crippen LogP contribution in [0.2, 0.25) is 0 Å². The lowest BCUT2D eigenvalue weighted by molar-refractivity contribution is 0.415. The molecule has 1 aliphatic rings. The molecule has 0 N–H and O–H groups in total. The highest BCUT2D eigenvalue weighted by Crippen LogP contribution is 2.33. The molecule has 4 aromatic carbocycles. The van der Waals surface area contributed by atoms with Crippen LogP contribution in [-0.4, -0.2) is 6.61 Å². The lowest BCUT2D eigenvalue weighted by atomic mass is 9.97. The van der Waals surface area contributed by atoms with E-state index in [2.05, 4.69) is 6.58 Å². The number of benzene rings is 4. The Morgan fingerprint density at radius 2 is 1.26 bits per heavy atom. The van der Waals surface area contributed by atoms with Crippen molar-refractivity contribution in [3.05, 3.63) is 125 Å². The van der Waals surface area contributed by atoms with Gasteiger partial charge >= 0.3 is 0 Å². The molecule has 0 radical (unpaired) electrons. The van der Waals surface area contributed by atoms with Crippen LogP contribution in [0, 0.1) is 17.5 Å². The number of rotatable bonds is 6. The van der Waals surface area contributed by atoms with E-state index in [0.717, 1.165) is 16.7 Å². The Kier molecular flexibility index (Phi) is 5.91. The number of hydrogen-bond acceptors (Lipinski definition) is 1. The van der Waals surface area contributed by atoms with Gasteiger partial charge in [0.25, 0.3) is 0 Å². The molecule has 34 heavy (non-hydrogen) atoms. The van der Waals surface area contributed by atoms with Crippen LogP contribution in [0.25, 0.3) is 40.5 Å². The molecule has 1 nitrogen and oxygen atoms in total. The fourth-order valence-corrected chi connectivity index (χ4v) is 3.87. The van der Waals surface area contributed by atoms with Crippen molar-refractivity contribution in [2.75, 3.05) is 6.61 Å². The summed E-state index contributed by atoms with van der Waals surface area (Å²) in [7, 11) is 0. The van der Waals surface area contributed by atoms with Crippen LogP contribution >= 0.6 is 0 Å². The molecule has 1 unspecified atom stereocenters. The van der Waals surface area contributed by atoms with Crippen LogP contribution < -0.4 is 0 Å². The number of hydrogen-bond donors (Lipinski definition) is 0. The molecule has 1 fully saturated rings. The minimum atomic E-state index is -0.893. The third kappa shape index (κ3) is 4.45. The van der Waals surface area contributed by atoms with E-state index >= 15 is 0 Å². The Balaban J connectivity index is 1.36. The van der Waals surface area contributed by atoms with E-state index in [4.69, 9.17) is 4.74 Å². The molecule has 1 saturated heterocycles. The summed E-state index contributed by atoms with van der Waals surface area (Å²) in [6.07, 6.45) is 5.17. The second-order valence-electron chi connectivity index (χ2n) is 8.17. The SMILES string of the molecule is C=Cc1ccc(-c2ccc(-c3ccc(/C=C/c4ccc(C5CO5)cc4F)cc3)c(F)c2F)cc1. The van der Waals surface area contributed by atoms with E-state index in [1.54, 1.807) is 72.8 Å². The third-order valence-corrected chi connectivity index (χ3v) is 5.95. The zero-order valence-corrected chi connectivity index (χ0v) is 18.3. The van der Waals surface area contributed by atoms with Crippen LogP contribution in [0.3, 0.4) is 0 Å². The topological polar surface area (TPSA) is 12.5 Å². The van der Waals surface area contributed by atoms with Crippen molar-refractivity contribution in [2.45, 2.75) is 6.10 Å². The summed E-state index contributed by atoms with van der Waals surface area (Å²) in [5.41, 5.74) is 4.58. The highest BCUT2D eigenvalue weighted by molar-refractivity contribution is 5.75. The molecule has 0 amide bonds. The number of halogens is 3. The third-order valence-electron chi connectivity index (χ3n) is 5.95. The van der Waals surface area contributed by atoms with Gasteiger partial charge in [-0.2, -0.15) is 0 Å². The van der Waals surface area contributed by atoms with Crippen LogP contribution in [-0.2, 0) is 4.74 Å². The van der Waals surface area contributed by atoms with Crippen LogP contribution in [0.5, 0.6) is 0 Å². The first-order chi connectivity index (χ1) is 16.5. The molecule has 0 aliphatic carbocycles. The van der Waals surface area contributed by atoms with E-state index in [9.17, 15) is 13.2 Å². The molecule has 0 saturated carbocycles.